The van der Waals surface area contributed by atoms with E-state index in [4.69, 9.17) is 10.2 Å². The van der Waals surface area contributed by atoms with Crippen molar-refractivity contribution in [2.75, 3.05) is 6.54 Å². The van der Waals surface area contributed by atoms with Gasteiger partial charge in [-0.25, -0.2) is 17.9 Å². The number of sulfonamides is 1. The number of benzene rings is 1. The Bertz CT molecular complexity index is 772. The molecule has 0 spiro atoms. The van der Waals surface area contributed by atoms with Gasteiger partial charge in [-0.1, -0.05) is 6.92 Å². The molecule has 1 aromatic carbocycles. The van der Waals surface area contributed by atoms with Crippen LogP contribution in [0.15, 0.2) is 32.3 Å². The van der Waals surface area contributed by atoms with Crippen LogP contribution in [0.1, 0.15) is 13.3 Å². The number of nitrogens with zero attached hydrogens (tertiary/aromatic N) is 1. The van der Waals surface area contributed by atoms with Gasteiger partial charge >= 0.3 is 5.76 Å². The Morgan fingerprint density at radius 3 is 2.75 bits per heavy atom. The lowest BCUT2D eigenvalue weighted by atomic mass is 10.2. The normalized spacial score (nSPS) is 13.8. The Labute approximate surface area is 116 Å². The Balaban J connectivity index is 2.44. The number of fused-ring (bicyclic) bond motifs is 1. The first kappa shape index (κ1) is 14.8. The van der Waals surface area contributed by atoms with Gasteiger partial charge in [0.15, 0.2) is 5.58 Å². The van der Waals surface area contributed by atoms with Gasteiger partial charge in [0.1, 0.15) is 0 Å². The molecule has 3 N–H and O–H groups in total. The quantitative estimate of drug-likeness (QED) is 0.817. The van der Waals surface area contributed by atoms with Gasteiger partial charge in [-0.15, -0.1) is 0 Å². The van der Waals surface area contributed by atoms with Gasteiger partial charge in [0, 0.05) is 25.7 Å². The zero-order valence-corrected chi connectivity index (χ0v) is 12.1. The van der Waals surface area contributed by atoms with Gasteiger partial charge in [0.05, 0.1) is 10.4 Å². The van der Waals surface area contributed by atoms with Gasteiger partial charge in [-0.2, -0.15) is 0 Å². The van der Waals surface area contributed by atoms with Crippen molar-refractivity contribution >= 4 is 21.1 Å². The van der Waals surface area contributed by atoms with Crippen molar-refractivity contribution in [3.8, 4) is 0 Å². The van der Waals surface area contributed by atoms with Crippen molar-refractivity contribution in [1.82, 2.24) is 9.29 Å². The van der Waals surface area contributed by atoms with Crippen molar-refractivity contribution in [3.63, 3.8) is 0 Å². The molecule has 0 radical (unpaired) electrons. The Morgan fingerprint density at radius 2 is 2.15 bits per heavy atom. The van der Waals surface area contributed by atoms with Crippen molar-refractivity contribution < 1.29 is 12.8 Å². The molecule has 1 heterocycles. The molecule has 7 nitrogen and oxygen atoms in total. The van der Waals surface area contributed by atoms with Crippen LogP contribution in [0.2, 0.25) is 0 Å². The topological polar surface area (TPSA) is 107 Å². The lowest BCUT2D eigenvalue weighted by Crippen LogP contribution is -2.39. The highest BCUT2D eigenvalue weighted by Crippen LogP contribution is 2.18. The standard InChI is InChI=1S/C12H17N3O4S/c1-3-8(7-13)14-20(17,18)9-4-5-10-11(6-9)19-12(16)15(10)2/h4-6,8,14H,3,7,13H2,1-2H3. The number of oxazole rings is 1. The maximum absolute atomic E-state index is 12.2. The van der Waals surface area contributed by atoms with Gasteiger partial charge in [-0.3, -0.25) is 4.57 Å². The average Bonchev–Trinajstić information content (AvgIpc) is 2.71. The van der Waals surface area contributed by atoms with E-state index in [-0.39, 0.29) is 23.1 Å². The highest BCUT2D eigenvalue weighted by atomic mass is 32.2. The summed E-state index contributed by atoms with van der Waals surface area (Å²) in [6.07, 6.45) is 0.596. The van der Waals surface area contributed by atoms with E-state index in [1.54, 1.807) is 7.05 Å². The molecule has 0 saturated carbocycles. The summed E-state index contributed by atoms with van der Waals surface area (Å²) in [5.41, 5.74) is 6.27. The van der Waals surface area contributed by atoms with E-state index in [1.165, 1.54) is 22.8 Å². The summed E-state index contributed by atoms with van der Waals surface area (Å²) in [6, 6.07) is 3.99. The van der Waals surface area contributed by atoms with E-state index in [1.807, 2.05) is 6.92 Å². The van der Waals surface area contributed by atoms with Crippen LogP contribution < -0.4 is 16.2 Å². The molecule has 20 heavy (non-hydrogen) atoms. The van der Waals surface area contributed by atoms with Gasteiger partial charge in [-0.05, 0) is 18.6 Å². The predicted molar refractivity (Wildman–Crippen MR) is 74.9 cm³/mol. The molecule has 0 aliphatic carbocycles. The molecule has 1 unspecified atom stereocenters. The van der Waals surface area contributed by atoms with Crippen molar-refractivity contribution in [2.45, 2.75) is 24.3 Å². The van der Waals surface area contributed by atoms with Crippen LogP contribution in [0.3, 0.4) is 0 Å². The fraction of sp³-hybridized carbons (Fsp3) is 0.417. The minimum absolute atomic E-state index is 0.0475. The number of nitrogens with one attached hydrogen (secondary N) is 1. The second kappa shape index (κ2) is 5.39. The molecule has 0 bridgehead atoms. The lowest BCUT2D eigenvalue weighted by molar-refractivity contribution is 0.526. The third kappa shape index (κ3) is 2.62. The first-order valence-corrected chi connectivity index (χ1v) is 7.69. The van der Waals surface area contributed by atoms with Crippen LogP contribution in [0.4, 0.5) is 0 Å². The molecule has 0 aliphatic rings. The van der Waals surface area contributed by atoms with E-state index >= 15 is 0 Å². The maximum atomic E-state index is 12.2. The minimum atomic E-state index is -3.68. The second-order valence-corrected chi connectivity index (χ2v) is 6.23. The first-order chi connectivity index (χ1) is 9.39. The van der Waals surface area contributed by atoms with Gasteiger partial charge in [0.25, 0.3) is 0 Å². The molecular formula is C12H17N3O4S. The zero-order chi connectivity index (χ0) is 14.9. The van der Waals surface area contributed by atoms with Crippen LogP contribution in [-0.4, -0.2) is 25.6 Å². The van der Waals surface area contributed by atoms with E-state index in [0.29, 0.717) is 11.9 Å². The van der Waals surface area contributed by atoms with E-state index in [9.17, 15) is 13.2 Å². The smallest absolute Gasteiger partial charge is 0.408 e. The highest BCUT2D eigenvalue weighted by molar-refractivity contribution is 7.89. The number of hydrogen-bond donors (Lipinski definition) is 2. The third-order valence-corrected chi connectivity index (χ3v) is 4.69. The summed E-state index contributed by atoms with van der Waals surface area (Å²) >= 11 is 0. The molecule has 110 valence electrons. The summed E-state index contributed by atoms with van der Waals surface area (Å²) in [5.74, 6) is -0.532. The largest absolute Gasteiger partial charge is 0.419 e. The van der Waals surface area contributed by atoms with Crippen molar-refractivity contribution in [1.29, 1.82) is 0 Å². The predicted octanol–water partition coefficient (Wildman–Crippen LogP) is 0.147. The molecule has 0 amide bonds. The van der Waals surface area contributed by atoms with Crippen LogP contribution >= 0.6 is 0 Å². The van der Waals surface area contributed by atoms with Crippen LogP contribution in [0.25, 0.3) is 11.1 Å². The molecule has 1 atom stereocenters. The molecule has 0 fully saturated rings. The fourth-order valence-corrected chi connectivity index (χ4v) is 3.21. The number of nitrogens with two attached hydrogens (primary N) is 1. The van der Waals surface area contributed by atoms with Crippen molar-refractivity contribution in [2.24, 2.45) is 12.8 Å². The summed E-state index contributed by atoms with van der Waals surface area (Å²) in [6.45, 7) is 2.07. The van der Waals surface area contributed by atoms with E-state index in [2.05, 4.69) is 4.72 Å². The van der Waals surface area contributed by atoms with Gasteiger partial charge in [0.2, 0.25) is 10.0 Å². The Kier molecular flexibility index (Phi) is 3.98. The number of rotatable bonds is 5. The SMILES string of the molecule is CCC(CN)NS(=O)(=O)c1ccc2c(c1)oc(=O)n2C. The number of hydrogen-bond acceptors (Lipinski definition) is 5. The number of aryl methyl sites for hydroxylation is 1. The Hall–Kier alpha value is -1.64. The van der Waals surface area contributed by atoms with Gasteiger partial charge < -0.3 is 10.2 Å². The highest BCUT2D eigenvalue weighted by Gasteiger charge is 2.19. The fourth-order valence-electron chi connectivity index (χ4n) is 1.87. The van der Waals surface area contributed by atoms with E-state index in [0.717, 1.165) is 0 Å². The molecule has 8 heteroatoms. The average molecular weight is 299 g/mol. The molecule has 2 rings (SSSR count). The first-order valence-electron chi connectivity index (χ1n) is 6.21. The summed E-state index contributed by atoms with van der Waals surface area (Å²) < 4.78 is 33.2. The molecule has 1 aromatic heterocycles. The van der Waals surface area contributed by atoms with Crippen LogP contribution in [-0.2, 0) is 17.1 Å². The minimum Gasteiger partial charge on any atom is -0.408 e. The summed E-state index contributed by atoms with van der Waals surface area (Å²) in [7, 11) is -2.12. The monoisotopic (exact) mass is 299 g/mol. The molecule has 0 aliphatic heterocycles. The Morgan fingerprint density at radius 1 is 1.45 bits per heavy atom. The third-order valence-electron chi connectivity index (χ3n) is 3.17. The summed E-state index contributed by atoms with van der Waals surface area (Å²) in [4.78, 5) is 11.4. The molecule has 0 saturated heterocycles. The molecular weight excluding hydrogens is 282 g/mol. The lowest BCUT2D eigenvalue weighted by Gasteiger charge is -2.14. The zero-order valence-electron chi connectivity index (χ0n) is 11.3. The number of aromatic nitrogens is 1. The van der Waals surface area contributed by atoms with Crippen LogP contribution in [0, 0.1) is 0 Å². The summed E-state index contributed by atoms with van der Waals surface area (Å²) in [5, 5.41) is 0. The second-order valence-electron chi connectivity index (χ2n) is 4.52. The van der Waals surface area contributed by atoms with E-state index < -0.39 is 15.8 Å². The maximum Gasteiger partial charge on any atom is 0.419 e. The van der Waals surface area contributed by atoms with Crippen molar-refractivity contribution in [3.05, 3.63) is 28.7 Å². The van der Waals surface area contributed by atoms with Crippen LogP contribution in [0.5, 0.6) is 0 Å². The molecule has 2 aromatic rings.